The van der Waals surface area contributed by atoms with Crippen LogP contribution in [0.1, 0.15) is 45.4 Å². The number of carbonyl (C=O) groups excluding carboxylic acids is 1. The van der Waals surface area contributed by atoms with E-state index in [1.54, 1.807) is 6.92 Å². The summed E-state index contributed by atoms with van der Waals surface area (Å²) in [7, 11) is 0. The summed E-state index contributed by atoms with van der Waals surface area (Å²) in [4.78, 5) is 25.3. The highest BCUT2D eigenvalue weighted by atomic mass is 19.4. The Labute approximate surface area is 127 Å². The van der Waals surface area contributed by atoms with Crippen molar-refractivity contribution < 1.29 is 27.9 Å². The first-order chi connectivity index (χ1) is 10.2. The van der Waals surface area contributed by atoms with Gasteiger partial charge in [-0.25, -0.2) is 0 Å². The van der Waals surface area contributed by atoms with Crippen LogP contribution in [0.3, 0.4) is 0 Å². The van der Waals surface area contributed by atoms with Crippen molar-refractivity contribution in [1.82, 2.24) is 4.90 Å². The molecular formula is C15H22F3NO3. The normalized spacial score (nSPS) is 33.5. The Balaban J connectivity index is 2.05. The van der Waals surface area contributed by atoms with Gasteiger partial charge in [0.1, 0.15) is 0 Å². The topological polar surface area (TPSA) is 57.6 Å². The Morgan fingerprint density at radius 1 is 1.14 bits per heavy atom. The Kier molecular flexibility index (Phi) is 5.02. The van der Waals surface area contributed by atoms with Crippen LogP contribution >= 0.6 is 0 Å². The number of carboxylic acids is 1. The predicted molar refractivity (Wildman–Crippen MR) is 73.0 cm³/mol. The van der Waals surface area contributed by atoms with Gasteiger partial charge in [-0.05, 0) is 39.0 Å². The number of carbonyl (C=O) groups is 2. The quantitative estimate of drug-likeness (QED) is 0.850. The number of aliphatic carboxylic acids is 1. The molecule has 0 aromatic rings. The van der Waals surface area contributed by atoms with E-state index in [2.05, 4.69) is 0 Å². The summed E-state index contributed by atoms with van der Waals surface area (Å²) in [5, 5.41) is 9.18. The van der Waals surface area contributed by atoms with Gasteiger partial charge in [-0.15, -0.1) is 0 Å². The number of hydrogen-bond acceptors (Lipinski definition) is 2. The largest absolute Gasteiger partial charge is 0.481 e. The fourth-order valence-corrected chi connectivity index (χ4v) is 3.73. The Bertz CT molecular complexity index is 438. The highest BCUT2D eigenvalue weighted by Gasteiger charge is 2.45. The molecule has 2 rings (SSSR count). The summed E-state index contributed by atoms with van der Waals surface area (Å²) >= 11 is 0. The van der Waals surface area contributed by atoms with E-state index in [0.29, 0.717) is 32.2 Å². The molecule has 1 heterocycles. The molecule has 7 heteroatoms. The maximum Gasteiger partial charge on any atom is 0.391 e. The zero-order chi connectivity index (χ0) is 16.5. The van der Waals surface area contributed by atoms with Gasteiger partial charge in [0, 0.05) is 18.5 Å². The number of alkyl halides is 3. The summed E-state index contributed by atoms with van der Waals surface area (Å²) in [6.07, 6.45) is -2.38. The Hall–Kier alpha value is -1.27. The maximum atomic E-state index is 12.9. The van der Waals surface area contributed by atoms with Crippen LogP contribution in [0.25, 0.3) is 0 Å². The van der Waals surface area contributed by atoms with E-state index < -0.39 is 35.9 Å². The van der Waals surface area contributed by atoms with E-state index in [1.165, 1.54) is 4.90 Å². The van der Waals surface area contributed by atoms with E-state index in [0.717, 1.165) is 0 Å². The van der Waals surface area contributed by atoms with Crippen LogP contribution < -0.4 is 0 Å². The third kappa shape index (κ3) is 3.55. The molecule has 126 valence electrons. The number of piperidine rings is 1. The molecule has 4 atom stereocenters. The van der Waals surface area contributed by atoms with Crippen molar-refractivity contribution in [2.45, 2.75) is 57.7 Å². The number of nitrogens with zero attached hydrogens (tertiary/aromatic N) is 1. The second-order valence-electron chi connectivity index (χ2n) is 6.46. The summed E-state index contributed by atoms with van der Waals surface area (Å²) in [5.74, 6) is -3.91. The van der Waals surface area contributed by atoms with E-state index >= 15 is 0 Å². The summed E-state index contributed by atoms with van der Waals surface area (Å²) in [6, 6.07) is -0.454. The molecule has 1 saturated heterocycles. The van der Waals surface area contributed by atoms with Gasteiger partial charge in [-0.2, -0.15) is 13.2 Å². The van der Waals surface area contributed by atoms with Gasteiger partial charge >= 0.3 is 12.1 Å². The molecule has 2 unspecified atom stereocenters. The maximum absolute atomic E-state index is 12.9. The average molecular weight is 321 g/mol. The van der Waals surface area contributed by atoms with Gasteiger partial charge in [-0.3, -0.25) is 9.59 Å². The molecule has 2 fully saturated rings. The smallest absolute Gasteiger partial charge is 0.391 e. The standard InChI is InChI=1S/C15H22F3NO3/c1-9-12(14(21)22)6-3-7-19(9)13(20)10-4-2-5-11(8-10)15(16,17)18/h9-12H,2-8H2,1H3,(H,21,22)/t9-,10?,11?,12-/m1/s1. The van der Waals surface area contributed by atoms with Crippen LogP contribution in [0, 0.1) is 17.8 Å². The van der Waals surface area contributed by atoms with E-state index in [9.17, 15) is 27.9 Å². The van der Waals surface area contributed by atoms with Gasteiger partial charge in [0.15, 0.2) is 0 Å². The average Bonchev–Trinajstić information content (AvgIpc) is 2.45. The lowest BCUT2D eigenvalue weighted by molar-refractivity contribution is -0.187. The van der Waals surface area contributed by atoms with Crippen molar-refractivity contribution in [2.24, 2.45) is 17.8 Å². The number of rotatable bonds is 2. The Morgan fingerprint density at radius 2 is 1.82 bits per heavy atom. The Morgan fingerprint density at radius 3 is 2.41 bits per heavy atom. The molecule has 0 aromatic heterocycles. The monoisotopic (exact) mass is 321 g/mol. The van der Waals surface area contributed by atoms with Gasteiger partial charge in [0.05, 0.1) is 11.8 Å². The first kappa shape index (κ1) is 17.1. The van der Waals surface area contributed by atoms with Crippen molar-refractivity contribution in [3.63, 3.8) is 0 Å². The fraction of sp³-hybridized carbons (Fsp3) is 0.867. The van der Waals surface area contributed by atoms with Crippen LogP contribution in [-0.2, 0) is 9.59 Å². The lowest BCUT2D eigenvalue weighted by atomic mass is 9.79. The highest BCUT2D eigenvalue weighted by Crippen LogP contribution is 2.41. The van der Waals surface area contributed by atoms with Gasteiger partial charge in [0.2, 0.25) is 5.91 Å². The van der Waals surface area contributed by atoms with Crippen LogP contribution in [0.15, 0.2) is 0 Å². The first-order valence-electron chi connectivity index (χ1n) is 7.81. The van der Waals surface area contributed by atoms with E-state index in [1.807, 2.05) is 0 Å². The molecule has 1 aliphatic heterocycles. The molecular weight excluding hydrogens is 299 g/mol. The highest BCUT2D eigenvalue weighted by molar-refractivity contribution is 5.81. The van der Waals surface area contributed by atoms with Gasteiger partial charge < -0.3 is 10.0 Å². The molecule has 0 radical (unpaired) electrons. The predicted octanol–water partition coefficient (Wildman–Crippen LogP) is 3.07. The van der Waals surface area contributed by atoms with Crippen molar-refractivity contribution in [2.75, 3.05) is 6.54 Å². The van der Waals surface area contributed by atoms with Crippen molar-refractivity contribution in [3.8, 4) is 0 Å². The van der Waals surface area contributed by atoms with Crippen LogP contribution in [-0.4, -0.2) is 40.6 Å². The van der Waals surface area contributed by atoms with E-state index in [-0.39, 0.29) is 18.7 Å². The second-order valence-corrected chi connectivity index (χ2v) is 6.46. The fourth-order valence-electron chi connectivity index (χ4n) is 3.73. The zero-order valence-corrected chi connectivity index (χ0v) is 12.6. The summed E-state index contributed by atoms with van der Waals surface area (Å²) < 4.78 is 38.6. The molecule has 1 N–H and O–H groups in total. The first-order valence-corrected chi connectivity index (χ1v) is 7.81. The molecule has 1 amide bonds. The lowest BCUT2D eigenvalue weighted by Crippen LogP contribution is -2.51. The minimum atomic E-state index is -4.25. The third-order valence-electron chi connectivity index (χ3n) is 5.07. The summed E-state index contributed by atoms with van der Waals surface area (Å²) in [6.45, 7) is 2.12. The van der Waals surface area contributed by atoms with Crippen LogP contribution in [0.4, 0.5) is 13.2 Å². The lowest BCUT2D eigenvalue weighted by Gasteiger charge is -2.41. The number of carboxylic acid groups (broad SMARTS) is 1. The van der Waals surface area contributed by atoms with E-state index in [4.69, 9.17) is 0 Å². The van der Waals surface area contributed by atoms with Crippen LogP contribution in [0.2, 0.25) is 0 Å². The molecule has 0 aromatic carbocycles. The molecule has 0 spiro atoms. The van der Waals surface area contributed by atoms with Crippen molar-refractivity contribution in [3.05, 3.63) is 0 Å². The van der Waals surface area contributed by atoms with Gasteiger partial charge in [0.25, 0.3) is 0 Å². The minimum Gasteiger partial charge on any atom is -0.481 e. The second kappa shape index (κ2) is 6.46. The number of halogens is 3. The van der Waals surface area contributed by atoms with Crippen molar-refractivity contribution in [1.29, 1.82) is 0 Å². The number of likely N-dealkylation sites (tertiary alicyclic amines) is 1. The molecule has 1 aliphatic carbocycles. The molecule has 4 nitrogen and oxygen atoms in total. The van der Waals surface area contributed by atoms with Crippen LogP contribution in [0.5, 0.6) is 0 Å². The number of hydrogen-bond donors (Lipinski definition) is 1. The summed E-state index contributed by atoms with van der Waals surface area (Å²) in [5.41, 5.74) is 0. The zero-order valence-electron chi connectivity index (χ0n) is 12.6. The van der Waals surface area contributed by atoms with Crippen molar-refractivity contribution >= 4 is 11.9 Å². The molecule has 22 heavy (non-hydrogen) atoms. The number of amides is 1. The molecule has 2 aliphatic rings. The SMILES string of the molecule is C[C@@H]1[C@H](C(=O)O)CCCN1C(=O)C1CCCC(C(F)(F)F)C1. The third-order valence-corrected chi connectivity index (χ3v) is 5.07. The molecule has 0 bridgehead atoms. The minimum absolute atomic E-state index is 0.0839. The van der Waals surface area contributed by atoms with Gasteiger partial charge in [-0.1, -0.05) is 6.42 Å². The molecule has 1 saturated carbocycles.